The van der Waals surface area contributed by atoms with Crippen molar-refractivity contribution in [2.45, 2.75) is 19.3 Å². The minimum absolute atomic E-state index is 0.00540. The van der Waals surface area contributed by atoms with Gasteiger partial charge in [-0.15, -0.1) is 11.3 Å². The molecule has 0 fully saturated rings. The highest BCUT2D eigenvalue weighted by atomic mass is 32.1. The van der Waals surface area contributed by atoms with Gasteiger partial charge < -0.3 is 10.2 Å². The Labute approximate surface area is 174 Å². The van der Waals surface area contributed by atoms with Gasteiger partial charge in [-0.25, -0.2) is 4.79 Å². The van der Waals surface area contributed by atoms with Crippen molar-refractivity contribution in [2.75, 3.05) is 28.7 Å². The number of aryl methyl sites for hydroxylation is 1. The third-order valence-corrected chi connectivity index (χ3v) is 6.09. The number of nitrogens with one attached hydrogen (secondary N) is 1. The molecule has 0 saturated heterocycles. The average Bonchev–Trinajstić information content (AvgIpc) is 3.13. The van der Waals surface area contributed by atoms with Crippen molar-refractivity contribution < 1.29 is 9.59 Å². The molecule has 5 nitrogen and oxygen atoms in total. The second kappa shape index (κ2) is 8.49. The molecular weight excluding hydrogens is 382 g/mol. The van der Waals surface area contributed by atoms with Crippen LogP contribution in [0.3, 0.4) is 0 Å². The first-order chi connectivity index (χ1) is 14.1. The van der Waals surface area contributed by atoms with E-state index in [1.54, 1.807) is 47.5 Å². The van der Waals surface area contributed by atoms with E-state index in [2.05, 4.69) is 10.7 Å². The summed E-state index contributed by atoms with van der Waals surface area (Å²) >= 11 is 1.72. The van der Waals surface area contributed by atoms with Gasteiger partial charge in [0.25, 0.3) is 5.91 Å². The lowest BCUT2D eigenvalue weighted by Gasteiger charge is -2.21. The zero-order chi connectivity index (χ0) is 20.2. The van der Waals surface area contributed by atoms with Crippen LogP contribution in [0.1, 0.15) is 28.1 Å². The lowest BCUT2D eigenvalue weighted by atomic mass is 10.1. The molecule has 3 amide bonds. The summed E-state index contributed by atoms with van der Waals surface area (Å²) in [4.78, 5) is 30.3. The van der Waals surface area contributed by atoms with Crippen LogP contribution in [-0.2, 0) is 6.42 Å². The molecule has 1 N–H and O–H groups in total. The van der Waals surface area contributed by atoms with Crippen LogP contribution in [-0.4, -0.2) is 25.5 Å². The van der Waals surface area contributed by atoms with E-state index in [0.717, 1.165) is 37.2 Å². The quantitative estimate of drug-likeness (QED) is 0.634. The number of benzene rings is 2. The Bertz CT molecular complexity index is 998. The molecule has 2 aromatic carbocycles. The number of carbonyl (C=O) groups is 2. The normalized spacial score (nSPS) is 13.3. The number of rotatable bonds is 3. The molecule has 2 heterocycles. The molecule has 148 valence electrons. The van der Waals surface area contributed by atoms with Gasteiger partial charge in [0.1, 0.15) is 0 Å². The van der Waals surface area contributed by atoms with Crippen LogP contribution in [0, 0.1) is 0 Å². The zero-order valence-corrected chi connectivity index (χ0v) is 17.1. The molecule has 0 bridgehead atoms. The van der Waals surface area contributed by atoms with Crippen molar-refractivity contribution in [3.05, 3.63) is 76.5 Å². The number of carbonyl (C=O) groups excluding carboxylic acids is 2. The van der Waals surface area contributed by atoms with E-state index in [1.807, 2.05) is 41.3 Å². The largest absolute Gasteiger partial charge is 0.326 e. The number of amides is 3. The summed E-state index contributed by atoms with van der Waals surface area (Å²) < 4.78 is 0. The summed E-state index contributed by atoms with van der Waals surface area (Å²) in [6.07, 6.45) is 3.15. The van der Waals surface area contributed by atoms with E-state index in [-0.39, 0.29) is 11.9 Å². The highest BCUT2D eigenvalue weighted by Gasteiger charge is 2.23. The maximum Gasteiger partial charge on any atom is 0.326 e. The van der Waals surface area contributed by atoms with Crippen LogP contribution < -0.4 is 15.1 Å². The lowest BCUT2D eigenvalue weighted by Crippen LogP contribution is -2.32. The molecule has 0 atom stereocenters. The van der Waals surface area contributed by atoms with E-state index >= 15 is 0 Å². The first-order valence-electron chi connectivity index (χ1n) is 9.71. The van der Waals surface area contributed by atoms with Gasteiger partial charge in [-0.2, -0.15) is 0 Å². The summed E-state index contributed by atoms with van der Waals surface area (Å²) in [6.45, 7) is 0.739. The highest BCUT2D eigenvalue weighted by Crippen LogP contribution is 2.32. The summed E-state index contributed by atoms with van der Waals surface area (Å²) in [7, 11) is 1.72. The second-order valence-electron chi connectivity index (χ2n) is 7.04. The predicted octanol–water partition coefficient (Wildman–Crippen LogP) is 5.40. The van der Waals surface area contributed by atoms with Crippen molar-refractivity contribution in [2.24, 2.45) is 0 Å². The predicted molar refractivity (Wildman–Crippen MR) is 119 cm³/mol. The van der Waals surface area contributed by atoms with Gasteiger partial charge in [0.2, 0.25) is 0 Å². The van der Waals surface area contributed by atoms with Gasteiger partial charge in [0.15, 0.2) is 0 Å². The number of nitrogens with zero attached hydrogens (tertiary/aromatic N) is 2. The SMILES string of the molecule is CN(C(=O)Nc1ccc(C(=O)N2CCCCc3sccc32)cc1)c1ccccc1. The molecule has 6 heteroatoms. The molecule has 1 aromatic heterocycles. The fourth-order valence-corrected chi connectivity index (χ4v) is 4.40. The molecule has 1 aliphatic rings. The number of hydrogen-bond acceptors (Lipinski definition) is 3. The van der Waals surface area contributed by atoms with Crippen molar-refractivity contribution in [3.63, 3.8) is 0 Å². The van der Waals surface area contributed by atoms with Crippen molar-refractivity contribution in [1.82, 2.24) is 0 Å². The topological polar surface area (TPSA) is 52.7 Å². The average molecular weight is 406 g/mol. The Morgan fingerprint density at radius 1 is 1.00 bits per heavy atom. The Hall–Kier alpha value is -3.12. The van der Waals surface area contributed by atoms with E-state index in [0.29, 0.717) is 11.3 Å². The van der Waals surface area contributed by atoms with Crippen LogP contribution >= 0.6 is 11.3 Å². The number of fused-ring (bicyclic) bond motifs is 1. The number of para-hydroxylation sites is 1. The Kier molecular flexibility index (Phi) is 5.62. The van der Waals surface area contributed by atoms with Crippen LogP contribution in [0.25, 0.3) is 0 Å². The standard InChI is InChI=1S/C23H23N3O2S/c1-25(19-7-3-2-4-8-19)23(28)24-18-12-10-17(11-13-18)22(27)26-15-6-5-9-21-20(26)14-16-29-21/h2-4,7-8,10-14,16H,5-6,9,15H2,1H3,(H,24,28). The molecule has 29 heavy (non-hydrogen) atoms. The fourth-order valence-electron chi connectivity index (χ4n) is 3.48. The first-order valence-corrected chi connectivity index (χ1v) is 10.6. The van der Waals surface area contributed by atoms with Gasteiger partial charge in [-0.1, -0.05) is 18.2 Å². The second-order valence-corrected chi connectivity index (χ2v) is 8.05. The fraction of sp³-hybridized carbons (Fsp3) is 0.217. The maximum atomic E-state index is 13.1. The third kappa shape index (κ3) is 4.17. The minimum Gasteiger partial charge on any atom is -0.308 e. The number of urea groups is 1. The Balaban J connectivity index is 1.45. The first kappa shape index (κ1) is 19.2. The van der Waals surface area contributed by atoms with Gasteiger partial charge in [-0.05, 0) is 67.1 Å². The lowest BCUT2D eigenvalue weighted by molar-refractivity contribution is 0.0987. The van der Waals surface area contributed by atoms with Gasteiger partial charge in [-0.3, -0.25) is 9.69 Å². The molecular formula is C23H23N3O2S. The summed E-state index contributed by atoms with van der Waals surface area (Å²) in [5.74, 6) is 0.00540. The number of anilines is 3. The highest BCUT2D eigenvalue weighted by molar-refractivity contribution is 7.10. The summed E-state index contributed by atoms with van der Waals surface area (Å²) in [5.41, 5.74) is 3.13. The molecule has 0 aliphatic carbocycles. The van der Waals surface area contributed by atoms with Gasteiger partial charge in [0.05, 0.1) is 5.69 Å². The molecule has 1 aliphatic heterocycles. The summed E-state index contributed by atoms with van der Waals surface area (Å²) in [5, 5.41) is 4.92. The maximum absolute atomic E-state index is 13.1. The number of thiophene rings is 1. The zero-order valence-electron chi connectivity index (χ0n) is 16.3. The van der Waals surface area contributed by atoms with Crippen LogP contribution in [0.2, 0.25) is 0 Å². The Morgan fingerprint density at radius 2 is 1.76 bits per heavy atom. The molecule has 4 rings (SSSR count). The molecule has 0 saturated carbocycles. The van der Waals surface area contributed by atoms with Crippen LogP contribution in [0.15, 0.2) is 66.0 Å². The summed E-state index contributed by atoms with van der Waals surface area (Å²) in [6, 6.07) is 18.4. The van der Waals surface area contributed by atoms with Crippen molar-refractivity contribution >= 4 is 40.3 Å². The molecule has 3 aromatic rings. The van der Waals surface area contributed by atoms with Crippen molar-refractivity contribution in [3.8, 4) is 0 Å². The third-order valence-electron chi connectivity index (χ3n) is 5.12. The monoisotopic (exact) mass is 405 g/mol. The molecule has 0 radical (unpaired) electrons. The van der Waals surface area contributed by atoms with E-state index in [1.165, 1.54) is 4.88 Å². The van der Waals surface area contributed by atoms with Crippen molar-refractivity contribution in [1.29, 1.82) is 0 Å². The van der Waals surface area contributed by atoms with E-state index in [9.17, 15) is 9.59 Å². The van der Waals surface area contributed by atoms with Gasteiger partial charge in [0, 0.05) is 35.4 Å². The van der Waals surface area contributed by atoms with Crippen LogP contribution in [0.4, 0.5) is 21.9 Å². The van der Waals surface area contributed by atoms with E-state index < -0.39 is 0 Å². The van der Waals surface area contributed by atoms with Crippen LogP contribution in [0.5, 0.6) is 0 Å². The minimum atomic E-state index is -0.231. The van der Waals surface area contributed by atoms with E-state index in [4.69, 9.17) is 0 Å². The molecule has 0 unspecified atom stereocenters. The number of hydrogen-bond donors (Lipinski definition) is 1. The van der Waals surface area contributed by atoms with Gasteiger partial charge >= 0.3 is 6.03 Å². The smallest absolute Gasteiger partial charge is 0.308 e. The molecule has 0 spiro atoms. The Morgan fingerprint density at radius 3 is 2.52 bits per heavy atom.